The fraction of sp³-hybridized carbons (Fsp3) is 0.125. The first-order valence-corrected chi connectivity index (χ1v) is 12.9. The van der Waals surface area contributed by atoms with Gasteiger partial charge in [0.25, 0.3) is 15.6 Å². The Hall–Kier alpha value is -3.76. The van der Waals surface area contributed by atoms with Crippen molar-refractivity contribution in [2.45, 2.75) is 23.9 Å². The summed E-state index contributed by atoms with van der Waals surface area (Å²) in [6, 6.07) is 17.6. The molecular formula is C24H20N4O4S2. The van der Waals surface area contributed by atoms with E-state index >= 15 is 0 Å². The molecule has 1 unspecified atom stereocenters. The van der Waals surface area contributed by atoms with Gasteiger partial charge in [0, 0.05) is 36.8 Å². The molecule has 8 nitrogen and oxygen atoms in total. The molecular weight excluding hydrogens is 472 g/mol. The Morgan fingerprint density at radius 3 is 2.41 bits per heavy atom. The van der Waals surface area contributed by atoms with Gasteiger partial charge in [-0.05, 0) is 29.1 Å². The Morgan fingerprint density at radius 1 is 0.941 bits per heavy atom. The summed E-state index contributed by atoms with van der Waals surface area (Å²) >= 11 is 1.18. The number of para-hydroxylation sites is 1. The van der Waals surface area contributed by atoms with Crippen LogP contribution < -0.4 is 11.2 Å². The van der Waals surface area contributed by atoms with Crippen molar-refractivity contribution in [3.05, 3.63) is 117 Å². The van der Waals surface area contributed by atoms with Crippen molar-refractivity contribution in [1.29, 1.82) is 0 Å². The van der Waals surface area contributed by atoms with Crippen LogP contribution in [0.1, 0.15) is 11.5 Å². The van der Waals surface area contributed by atoms with E-state index in [1.165, 1.54) is 27.4 Å². The van der Waals surface area contributed by atoms with Gasteiger partial charge in [-0.1, -0.05) is 42.5 Å². The van der Waals surface area contributed by atoms with Gasteiger partial charge in [-0.25, -0.2) is 18.2 Å². The number of fused-ring (bicyclic) bond motifs is 1. The van der Waals surface area contributed by atoms with Gasteiger partial charge in [0.05, 0.1) is 22.1 Å². The topological polar surface area (TPSA) is 96.0 Å². The molecule has 172 valence electrons. The largest absolute Gasteiger partial charge is 0.345 e. The van der Waals surface area contributed by atoms with Gasteiger partial charge in [-0.2, -0.15) is 11.3 Å². The maximum absolute atomic E-state index is 13.6. The average molecular weight is 493 g/mol. The molecule has 0 saturated carbocycles. The normalized spacial score (nSPS) is 12.7. The zero-order valence-corrected chi connectivity index (χ0v) is 19.5. The third kappa shape index (κ3) is 3.91. The number of hydrogen-bond acceptors (Lipinski definition) is 6. The van der Waals surface area contributed by atoms with Crippen molar-refractivity contribution in [2.24, 2.45) is 0 Å². The zero-order valence-electron chi connectivity index (χ0n) is 17.9. The molecule has 10 heteroatoms. The lowest BCUT2D eigenvalue weighted by atomic mass is 9.98. The standard InChI is InChI=1S/C24H20N4O4S2/c29-23-21-8-4-5-9-22(21)27(24(30)28(23)34(31,32)20-10-13-33-16-20)15-19(14-26-12-11-25-17-26)18-6-2-1-3-7-18/h1-13,16-17,19H,14-15H2. The highest BCUT2D eigenvalue weighted by Crippen LogP contribution is 2.22. The average Bonchev–Trinajstić information content (AvgIpc) is 3.56. The smallest absolute Gasteiger partial charge is 0.337 e. The van der Waals surface area contributed by atoms with Gasteiger partial charge < -0.3 is 4.57 Å². The molecule has 5 rings (SSSR count). The second-order valence-corrected chi connectivity index (χ2v) is 10.4. The van der Waals surface area contributed by atoms with Crippen LogP contribution in [0.25, 0.3) is 10.9 Å². The SMILES string of the molecule is O=c1c2ccccc2n(CC(Cn2ccnc2)c2ccccc2)c(=O)n1S(=O)(=O)c1ccsc1. The van der Waals surface area contributed by atoms with Gasteiger partial charge in [0.1, 0.15) is 0 Å². The predicted molar refractivity (Wildman–Crippen MR) is 131 cm³/mol. The summed E-state index contributed by atoms with van der Waals surface area (Å²) in [5.74, 6) is -0.189. The van der Waals surface area contributed by atoms with Crippen molar-refractivity contribution in [2.75, 3.05) is 0 Å². The zero-order chi connectivity index (χ0) is 23.7. The number of aromatic nitrogens is 4. The molecule has 0 saturated heterocycles. The highest BCUT2D eigenvalue weighted by molar-refractivity contribution is 7.90. The summed E-state index contributed by atoms with van der Waals surface area (Å²) in [7, 11) is -4.36. The molecule has 0 radical (unpaired) electrons. The van der Waals surface area contributed by atoms with Crippen LogP contribution in [0.3, 0.4) is 0 Å². The molecule has 5 aromatic rings. The van der Waals surface area contributed by atoms with Gasteiger partial charge in [0.15, 0.2) is 0 Å². The van der Waals surface area contributed by atoms with Crippen LogP contribution in [0.15, 0.2) is 105 Å². The van der Waals surface area contributed by atoms with E-state index in [1.54, 1.807) is 42.2 Å². The van der Waals surface area contributed by atoms with Crippen LogP contribution in [0.4, 0.5) is 0 Å². The fourth-order valence-electron chi connectivity index (χ4n) is 4.05. The van der Waals surface area contributed by atoms with E-state index in [0.29, 0.717) is 16.0 Å². The summed E-state index contributed by atoms with van der Waals surface area (Å²) in [5, 5.41) is 3.16. The predicted octanol–water partition coefficient (Wildman–Crippen LogP) is 3.14. The second kappa shape index (κ2) is 8.88. The van der Waals surface area contributed by atoms with Crippen LogP contribution in [0.5, 0.6) is 0 Å². The molecule has 34 heavy (non-hydrogen) atoms. The maximum Gasteiger partial charge on any atom is 0.345 e. The van der Waals surface area contributed by atoms with Gasteiger partial charge in [-0.3, -0.25) is 9.36 Å². The van der Waals surface area contributed by atoms with E-state index < -0.39 is 21.3 Å². The first-order valence-electron chi connectivity index (χ1n) is 10.5. The summed E-state index contributed by atoms with van der Waals surface area (Å²) in [6.07, 6.45) is 5.20. The molecule has 0 amide bonds. The molecule has 1 atom stereocenters. The number of hydrogen-bond donors (Lipinski definition) is 0. The monoisotopic (exact) mass is 492 g/mol. The highest BCUT2D eigenvalue weighted by Gasteiger charge is 2.26. The van der Waals surface area contributed by atoms with Crippen molar-refractivity contribution >= 4 is 32.3 Å². The fourth-order valence-corrected chi connectivity index (χ4v) is 6.38. The quantitative estimate of drug-likeness (QED) is 0.348. The van der Waals surface area contributed by atoms with E-state index in [-0.39, 0.29) is 22.7 Å². The molecule has 0 aliphatic rings. The Balaban J connectivity index is 1.73. The number of nitrogens with zero attached hydrogens (tertiary/aromatic N) is 4. The van der Waals surface area contributed by atoms with Crippen molar-refractivity contribution < 1.29 is 8.42 Å². The lowest BCUT2D eigenvalue weighted by Crippen LogP contribution is -2.44. The van der Waals surface area contributed by atoms with Crippen LogP contribution >= 0.6 is 11.3 Å². The van der Waals surface area contributed by atoms with Crippen molar-refractivity contribution in [1.82, 2.24) is 18.1 Å². The van der Waals surface area contributed by atoms with E-state index in [9.17, 15) is 18.0 Å². The van der Waals surface area contributed by atoms with Gasteiger partial charge in [-0.15, -0.1) is 3.97 Å². The minimum atomic E-state index is -4.36. The Kier molecular flexibility index (Phi) is 5.76. The molecule has 0 aliphatic carbocycles. The third-order valence-electron chi connectivity index (χ3n) is 5.71. The van der Waals surface area contributed by atoms with E-state index in [1.807, 2.05) is 41.1 Å². The number of rotatable bonds is 7. The number of benzene rings is 2. The lowest BCUT2D eigenvalue weighted by Gasteiger charge is -2.21. The summed E-state index contributed by atoms with van der Waals surface area (Å²) in [5.41, 5.74) is -0.373. The van der Waals surface area contributed by atoms with Gasteiger partial charge in [0.2, 0.25) is 0 Å². The summed E-state index contributed by atoms with van der Waals surface area (Å²) in [6.45, 7) is 0.683. The van der Waals surface area contributed by atoms with E-state index in [0.717, 1.165) is 5.56 Å². The molecule has 0 bridgehead atoms. The van der Waals surface area contributed by atoms with Crippen molar-refractivity contribution in [3.8, 4) is 0 Å². The summed E-state index contributed by atoms with van der Waals surface area (Å²) in [4.78, 5) is 30.9. The molecule has 2 aromatic carbocycles. The van der Waals surface area contributed by atoms with Crippen LogP contribution in [-0.2, 0) is 23.1 Å². The third-order valence-corrected chi connectivity index (χ3v) is 8.20. The molecule has 0 N–H and O–H groups in total. The second-order valence-electron chi connectivity index (χ2n) is 7.81. The molecule has 0 fully saturated rings. The van der Waals surface area contributed by atoms with Crippen LogP contribution in [0.2, 0.25) is 0 Å². The first-order chi connectivity index (χ1) is 16.5. The number of thiophene rings is 1. The molecule has 0 aliphatic heterocycles. The first kappa shape index (κ1) is 22.1. The Labute approximate surface area is 199 Å². The van der Waals surface area contributed by atoms with Crippen molar-refractivity contribution in [3.63, 3.8) is 0 Å². The van der Waals surface area contributed by atoms with E-state index in [2.05, 4.69) is 4.98 Å². The van der Waals surface area contributed by atoms with Crippen LogP contribution in [0, 0.1) is 0 Å². The summed E-state index contributed by atoms with van der Waals surface area (Å²) < 4.78 is 30.3. The lowest BCUT2D eigenvalue weighted by molar-refractivity contribution is 0.478. The Morgan fingerprint density at radius 2 is 1.71 bits per heavy atom. The number of imidazole rings is 1. The minimum Gasteiger partial charge on any atom is -0.337 e. The maximum atomic E-state index is 13.6. The highest BCUT2D eigenvalue weighted by atomic mass is 32.2. The van der Waals surface area contributed by atoms with Gasteiger partial charge >= 0.3 is 5.69 Å². The Bertz CT molecular complexity index is 1650. The minimum absolute atomic E-state index is 0.0865. The molecule has 3 heterocycles. The van der Waals surface area contributed by atoms with E-state index in [4.69, 9.17) is 0 Å². The molecule has 0 spiro atoms. The molecule has 3 aromatic heterocycles. The van der Waals surface area contributed by atoms with Crippen LogP contribution in [-0.4, -0.2) is 26.5 Å².